The molecule has 1 unspecified atom stereocenters. The molecule has 2 aromatic rings. The van der Waals surface area contributed by atoms with Crippen LogP contribution in [-0.4, -0.2) is 10.1 Å². The van der Waals surface area contributed by atoms with Crippen LogP contribution in [0.3, 0.4) is 0 Å². The van der Waals surface area contributed by atoms with Crippen molar-refractivity contribution in [3.63, 3.8) is 0 Å². The third-order valence-electron chi connectivity index (χ3n) is 2.02. The molecule has 0 fully saturated rings. The molecule has 0 radical (unpaired) electrons. The molecule has 0 saturated heterocycles. The summed E-state index contributed by atoms with van der Waals surface area (Å²) in [6.07, 6.45) is 1.70. The van der Waals surface area contributed by atoms with Gasteiger partial charge in [-0.2, -0.15) is 4.98 Å². The average Bonchev–Trinajstić information content (AvgIpc) is 2.88. The van der Waals surface area contributed by atoms with Crippen molar-refractivity contribution in [1.82, 2.24) is 10.1 Å². The van der Waals surface area contributed by atoms with Gasteiger partial charge in [-0.3, -0.25) is 0 Å². The Morgan fingerprint density at radius 3 is 3.13 bits per heavy atom. The fraction of sp³-hybridized carbons (Fsp3) is 0.400. The largest absolute Gasteiger partial charge is 0.338 e. The molecule has 0 aliphatic heterocycles. The van der Waals surface area contributed by atoms with E-state index >= 15 is 0 Å². The summed E-state index contributed by atoms with van der Waals surface area (Å²) >= 11 is 5.19. The minimum absolute atomic E-state index is 0.169. The Morgan fingerprint density at radius 1 is 1.60 bits per heavy atom. The molecule has 80 valence electrons. The lowest BCUT2D eigenvalue weighted by molar-refractivity contribution is 0.372. The predicted molar refractivity (Wildman–Crippen MR) is 63.4 cm³/mol. The van der Waals surface area contributed by atoms with Gasteiger partial charge in [0, 0.05) is 11.3 Å². The second kappa shape index (κ2) is 4.90. The van der Waals surface area contributed by atoms with E-state index < -0.39 is 0 Å². The summed E-state index contributed by atoms with van der Waals surface area (Å²) in [6, 6.07) is 4.10. The minimum Gasteiger partial charge on any atom is -0.338 e. The summed E-state index contributed by atoms with van der Waals surface area (Å²) in [7, 11) is 0. The lowest BCUT2D eigenvalue weighted by Crippen LogP contribution is -1.90. The number of thiophene rings is 1. The summed E-state index contributed by atoms with van der Waals surface area (Å²) < 4.78 is 5.16. The molecule has 2 aromatic heterocycles. The van der Waals surface area contributed by atoms with Crippen molar-refractivity contribution in [2.24, 2.45) is 0 Å². The third kappa shape index (κ3) is 2.66. The van der Waals surface area contributed by atoms with Gasteiger partial charge in [-0.25, -0.2) is 0 Å². The Bertz CT molecular complexity index is 413. The van der Waals surface area contributed by atoms with Crippen molar-refractivity contribution in [2.45, 2.75) is 24.6 Å². The Kier molecular flexibility index (Phi) is 3.53. The molecular formula is C10H11BrN2OS. The fourth-order valence-electron chi connectivity index (χ4n) is 1.21. The van der Waals surface area contributed by atoms with E-state index in [0.29, 0.717) is 5.89 Å². The van der Waals surface area contributed by atoms with Gasteiger partial charge in [0.2, 0.25) is 5.89 Å². The van der Waals surface area contributed by atoms with Crippen LogP contribution in [0.15, 0.2) is 22.0 Å². The number of aromatic nitrogens is 2. The zero-order chi connectivity index (χ0) is 10.7. The van der Waals surface area contributed by atoms with Crippen LogP contribution in [0.1, 0.15) is 34.8 Å². The number of halogens is 1. The van der Waals surface area contributed by atoms with Gasteiger partial charge in [0.1, 0.15) is 0 Å². The minimum atomic E-state index is 0.169. The molecule has 0 spiro atoms. The molecule has 0 aliphatic rings. The van der Waals surface area contributed by atoms with Crippen LogP contribution >= 0.6 is 27.3 Å². The van der Waals surface area contributed by atoms with Gasteiger partial charge >= 0.3 is 0 Å². The standard InChI is InChI=1S/C10H11BrN2OS/c1-2-8(11)10-12-9(13-14-10)6-7-4-3-5-15-7/h3-5,8H,2,6H2,1H3. The van der Waals surface area contributed by atoms with Crippen LogP contribution in [-0.2, 0) is 6.42 Å². The molecule has 3 nitrogen and oxygen atoms in total. The lowest BCUT2D eigenvalue weighted by atomic mass is 10.3. The lowest BCUT2D eigenvalue weighted by Gasteiger charge is -1.96. The van der Waals surface area contributed by atoms with E-state index in [-0.39, 0.29) is 4.83 Å². The first kappa shape index (κ1) is 10.8. The highest BCUT2D eigenvalue weighted by Crippen LogP contribution is 2.24. The van der Waals surface area contributed by atoms with Crippen molar-refractivity contribution in [3.05, 3.63) is 34.1 Å². The summed E-state index contributed by atoms with van der Waals surface area (Å²) in [6.45, 7) is 2.07. The van der Waals surface area contributed by atoms with Crippen molar-refractivity contribution in [2.75, 3.05) is 0 Å². The van der Waals surface area contributed by atoms with Crippen LogP contribution in [0.2, 0.25) is 0 Å². The number of rotatable bonds is 4. The second-order valence-electron chi connectivity index (χ2n) is 3.18. The van der Waals surface area contributed by atoms with Gasteiger partial charge in [0.15, 0.2) is 5.82 Å². The summed E-state index contributed by atoms with van der Waals surface area (Å²) in [5, 5.41) is 6.00. The number of nitrogens with zero attached hydrogens (tertiary/aromatic N) is 2. The van der Waals surface area contributed by atoms with E-state index in [1.165, 1.54) is 4.88 Å². The monoisotopic (exact) mass is 286 g/mol. The van der Waals surface area contributed by atoms with Crippen molar-refractivity contribution >= 4 is 27.3 Å². The average molecular weight is 287 g/mol. The molecular weight excluding hydrogens is 276 g/mol. The topological polar surface area (TPSA) is 38.9 Å². The van der Waals surface area contributed by atoms with E-state index in [0.717, 1.165) is 18.7 Å². The molecule has 5 heteroatoms. The first-order valence-corrected chi connectivity index (χ1v) is 6.58. The van der Waals surface area contributed by atoms with E-state index in [4.69, 9.17) is 4.52 Å². The molecule has 2 heterocycles. The normalized spacial score (nSPS) is 12.9. The van der Waals surface area contributed by atoms with E-state index in [9.17, 15) is 0 Å². The highest BCUT2D eigenvalue weighted by atomic mass is 79.9. The van der Waals surface area contributed by atoms with Gasteiger partial charge in [0.05, 0.1) is 4.83 Å². The second-order valence-corrected chi connectivity index (χ2v) is 5.32. The molecule has 0 N–H and O–H groups in total. The van der Waals surface area contributed by atoms with E-state index in [1.807, 2.05) is 6.07 Å². The highest BCUT2D eigenvalue weighted by molar-refractivity contribution is 9.09. The molecule has 2 rings (SSSR count). The zero-order valence-corrected chi connectivity index (χ0v) is 10.7. The zero-order valence-electron chi connectivity index (χ0n) is 8.31. The van der Waals surface area contributed by atoms with Crippen LogP contribution in [0.5, 0.6) is 0 Å². The predicted octanol–water partition coefficient (Wildman–Crippen LogP) is 3.57. The molecule has 0 bridgehead atoms. The maximum atomic E-state index is 5.16. The van der Waals surface area contributed by atoms with E-state index in [1.54, 1.807) is 11.3 Å². The summed E-state index contributed by atoms with van der Waals surface area (Å²) in [4.78, 5) is 5.76. The maximum absolute atomic E-state index is 5.16. The number of hydrogen-bond donors (Lipinski definition) is 0. The Morgan fingerprint density at radius 2 is 2.47 bits per heavy atom. The molecule has 0 aromatic carbocycles. The number of hydrogen-bond acceptors (Lipinski definition) is 4. The molecule has 15 heavy (non-hydrogen) atoms. The smallest absolute Gasteiger partial charge is 0.240 e. The molecule has 0 aliphatic carbocycles. The highest BCUT2D eigenvalue weighted by Gasteiger charge is 2.14. The fourth-order valence-corrected chi connectivity index (χ4v) is 2.10. The van der Waals surface area contributed by atoms with Crippen molar-refractivity contribution < 1.29 is 4.52 Å². The Balaban J connectivity index is 2.07. The summed E-state index contributed by atoms with van der Waals surface area (Å²) in [5.74, 6) is 1.43. The van der Waals surface area contributed by atoms with Crippen LogP contribution in [0, 0.1) is 0 Å². The third-order valence-corrected chi connectivity index (χ3v) is 3.94. The van der Waals surface area contributed by atoms with Crippen LogP contribution in [0.25, 0.3) is 0 Å². The Hall–Kier alpha value is -0.680. The maximum Gasteiger partial charge on any atom is 0.240 e. The SMILES string of the molecule is CCC(Br)c1nc(Cc2cccs2)no1. The molecule has 0 saturated carbocycles. The van der Waals surface area contributed by atoms with Crippen LogP contribution < -0.4 is 0 Å². The molecule has 1 atom stereocenters. The first-order chi connectivity index (χ1) is 7.29. The van der Waals surface area contributed by atoms with Gasteiger partial charge in [-0.1, -0.05) is 34.1 Å². The van der Waals surface area contributed by atoms with Gasteiger partial charge < -0.3 is 4.52 Å². The van der Waals surface area contributed by atoms with Crippen molar-refractivity contribution in [3.8, 4) is 0 Å². The Labute approximate surface area is 101 Å². The first-order valence-electron chi connectivity index (χ1n) is 4.78. The molecule has 0 amide bonds. The van der Waals surface area contributed by atoms with Gasteiger partial charge in [-0.15, -0.1) is 11.3 Å². The van der Waals surface area contributed by atoms with Gasteiger partial charge in [0.25, 0.3) is 0 Å². The summed E-state index contributed by atoms with van der Waals surface area (Å²) in [5.41, 5.74) is 0. The van der Waals surface area contributed by atoms with Crippen molar-refractivity contribution in [1.29, 1.82) is 0 Å². The van der Waals surface area contributed by atoms with Crippen LogP contribution in [0.4, 0.5) is 0 Å². The van der Waals surface area contributed by atoms with Gasteiger partial charge in [-0.05, 0) is 17.9 Å². The number of alkyl halides is 1. The van der Waals surface area contributed by atoms with E-state index in [2.05, 4.69) is 44.4 Å². The quantitative estimate of drug-likeness (QED) is 0.807.